The first-order valence-electron chi connectivity index (χ1n) is 5.99. The Morgan fingerprint density at radius 1 is 1.41 bits per heavy atom. The zero-order valence-electron chi connectivity index (χ0n) is 10.8. The van der Waals surface area contributed by atoms with Crippen LogP contribution in [0.15, 0.2) is 12.2 Å². The quantitative estimate of drug-likeness (QED) is 0.764. The van der Waals surface area contributed by atoms with Crippen molar-refractivity contribution in [1.82, 2.24) is 4.90 Å². The van der Waals surface area contributed by atoms with E-state index < -0.39 is 11.5 Å². The third-order valence-corrected chi connectivity index (χ3v) is 2.95. The van der Waals surface area contributed by atoms with Crippen LogP contribution in [0.1, 0.15) is 40.0 Å². The van der Waals surface area contributed by atoms with Crippen molar-refractivity contribution in [2.24, 2.45) is 5.92 Å². The average Bonchev–Trinajstić information content (AvgIpc) is 2.64. The van der Waals surface area contributed by atoms with Gasteiger partial charge in [-0.15, -0.1) is 0 Å². The highest BCUT2D eigenvalue weighted by Crippen LogP contribution is 2.23. The summed E-state index contributed by atoms with van der Waals surface area (Å²) in [5, 5.41) is 8.85. The van der Waals surface area contributed by atoms with Crippen molar-refractivity contribution >= 4 is 11.9 Å². The van der Waals surface area contributed by atoms with Gasteiger partial charge in [-0.2, -0.15) is 0 Å². The molecule has 96 valence electrons. The fraction of sp³-hybridized carbons (Fsp3) is 0.692. The molecule has 1 amide bonds. The number of aliphatic carboxylic acids is 1. The van der Waals surface area contributed by atoms with Crippen LogP contribution in [-0.4, -0.2) is 34.0 Å². The fourth-order valence-corrected chi connectivity index (χ4v) is 2.03. The summed E-state index contributed by atoms with van der Waals surface area (Å²) < 4.78 is 0. The highest BCUT2D eigenvalue weighted by molar-refractivity contribution is 5.82. The lowest BCUT2D eigenvalue weighted by Gasteiger charge is -2.35. The number of carbonyl (C=O) groups excluding carboxylic acids is 1. The lowest BCUT2D eigenvalue weighted by atomic mass is 10.0. The Hall–Kier alpha value is -1.32. The Balaban J connectivity index is 2.65. The number of hydrogen-bond acceptors (Lipinski definition) is 2. The van der Waals surface area contributed by atoms with Gasteiger partial charge in [0.2, 0.25) is 5.91 Å². The number of allylic oxidation sites excluding steroid dienone is 2. The van der Waals surface area contributed by atoms with Gasteiger partial charge in [0.25, 0.3) is 0 Å². The van der Waals surface area contributed by atoms with E-state index in [4.69, 9.17) is 5.11 Å². The number of carboxylic acid groups (broad SMARTS) is 1. The topological polar surface area (TPSA) is 57.6 Å². The van der Waals surface area contributed by atoms with Crippen LogP contribution in [0.4, 0.5) is 0 Å². The molecule has 0 aromatic carbocycles. The molecule has 0 radical (unpaired) electrons. The Bertz CT molecular complexity index is 328. The van der Waals surface area contributed by atoms with Gasteiger partial charge in [0.05, 0.1) is 0 Å². The number of amides is 1. The molecule has 0 saturated carbocycles. The maximum atomic E-state index is 12.1. The molecular formula is C13H21NO3. The number of nitrogens with zero attached hydrogens (tertiary/aromatic N) is 1. The molecule has 17 heavy (non-hydrogen) atoms. The average molecular weight is 239 g/mol. The SMILES string of the molecule is CC(C)(C)N(CC(=O)O)C(=O)CC1C=CCC1. The van der Waals surface area contributed by atoms with Crippen molar-refractivity contribution in [3.05, 3.63) is 12.2 Å². The Morgan fingerprint density at radius 2 is 2.06 bits per heavy atom. The zero-order chi connectivity index (χ0) is 13.1. The number of carbonyl (C=O) groups is 2. The molecule has 0 aromatic heterocycles. The number of carboxylic acids is 1. The second kappa shape index (κ2) is 5.34. The van der Waals surface area contributed by atoms with Crippen LogP contribution in [-0.2, 0) is 9.59 Å². The number of rotatable bonds is 4. The van der Waals surface area contributed by atoms with Crippen LogP contribution in [0.5, 0.6) is 0 Å². The molecule has 1 rings (SSSR count). The predicted octanol–water partition coefficient (Wildman–Crippen LogP) is 2.05. The van der Waals surface area contributed by atoms with E-state index in [1.54, 1.807) is 0 Å². The lowest BCUT2D eigenvalue weighted by molar-refractivity contribution is -0.148. The highest BCUT2D eigenvalue weighted by atomic mass is 16.4. The molecule has 1 aliphatic rings. The summed E-state index contributed by atoms with van der Waals surface area (Å²) in [6, 6.07) is 0. The standard InChI is InChI=1S/C13H21NO3/c1-13(2,3)14(9-12(16)17)11(15)8-10-6-4-5-7-10/h4,6,10H,5,7-9H2,1-3H3,(H,16,17). The molecule has 0 fully saturated rings. The van der Waals surface area contributed by atoms with Crippen molar-refractivity contribution in [3.63, 3.8) is 0 Å². The molecule has 1 aliphatic carbocycles. The summed E-state index contributed by atoms with van der Waals surface area (Å²) in [5.74, 6) is -0.757. The molecule has 4 nitrogen and oxygen atoms in total. The van der Waals surface area contributed by atoms with Crippen molar-refractivity contribution in [2.75, 3.05) is 6.54 Å². The van der Waals surface area contributed by atoms with E-state index in [2.05, 4.69) is 12.2 Å². The first-order chi connectivity index (χ1) is 7.80. The monoisotopic (exact) mass is 239 g/mol. The summed E-state index contributed by atoms with van der Waals surface area (Å²) in [5.41, 5.74) is -0.447. The molecule has 0 spiro atoms. The van der Waals surface area contributed by atoms with Crippen LogP contribution in [0.25, 0.3) is 0 Å². The fourth-order valence-electron chi connectivity index (χ4n) is 2.03. The summed E-state index contributed by atoms with van der Waals surface area (Å²) in [6.07, 6.45) is 6.57. The maximum absolute atomic E-state index is 12.1. The third-order valence-electron chi connectivity index (χ3n) is 2.95. The van der Waals surface area contributed by atoms with Gasteiger partial charge >= 0.3 is 5.97 Å². The molecule has 4 heteroatoms. The third kappa shape index (κ3) is 4.21. The molecule has 0 heterocycles. The van der Waals surface area contributed by atoms with E-state index >= 15 is 0 Å². The van der Waals surface area contributed by atoms with Gasteiger partial charge in [-0.25, -0.2) is 0 Å². The second-order valence-corrected chi connectivity index (χ2v) is 5.51. The molecular weight excluding hydrogens is 218 g/mol. The van der Waals surface area contributed by atoms with E-state index in [-0.39, 0.29) is 18.4 Å². The molecule has 0 saturated heterocycles. The summed E-state index contributed by atoms with van der Waals surface area (Å²) in [4.78, 5) is 24.3. The van der Waals surface area contributed by atoms with Gasteiger partial charge in [-0.3, -0.25) is 9.59 Å². The minimum Gasteiger partial charge on any atom is -0.480 e. The molecule has 0 bridgehead atoms. The largest absolute Gasteiger partial charge is 0.480 e. The van der Waals surface area contributed by atoms with Gasteiger partial charge in [0, 0.05) is 12.0 Å². The Kier molecular flexibility index (Phi) is 4.32. The Morgan fingerprint density at radius 3 is 2.47 bits per heavy atom. The van der Waals surface area contributed by atoms with E-state index in [0.29, 0.717) is 6.42 Å². The van der Waals surface area contributed by atoms with Crippen LogP contribution < -0.4 is 0 Å². The van der Waals surface area contributed by atoms with Gasteiger partial charge in [-0.1, -0.05) is 12.2 Å². The van der Waals surface area contributed by atoms with Crippen LogP contribution in [0.2, 0.25) is 0 Å². The minimum atomic E-state index is -0.963. The second-order valence-electron chi connectivity index (χ2n) is 5.51. The van der Waals surface area contributed by atoms with Crippen molar-refractivity contribution in [2.45, 2.75) is 45.6 Å². The van der Waals surface area contributed by atoms with E-state index in [1.807, 2.05) is 20.8 Å². The van der Waals surface area contributed by atoms with Gasteiger partial charge < -0.3 is 10.0 Å². The van der Waals surface area contributed by atoms with Gasteiger partial charge in [0.1, 0.15) is 6.54 Å². The Labute approximate surface area is 102 Å². The maximum Gasteiger partial charge on any atom is 0.323 e. The molecule has 1 N–H and O–H groups in total. The first-order valence-corrected chi connectivity index (χ1v) is 5.99. The van der Waals surface area contributed by atoms with Crippen LogP contribution >= 0.6 is 0 Å². The van der Waals surface area contributed by atoms with Crippen molar-refractivity contribution < 1.29 is 14.7 Å². The summed E-state index contributed by atoms with van der Waals surface area (Å²) in [7, 11) is 0. The van der Waals surface area contributed by atoms with Crippen LogP contribution in [0, 0.1) is 5.92 Å². The van der Waals surface area contributed by atoms with E-state index in [9.17, 15) is 9.59 Å². The van der Waals surface area contributed by atoms with Gasteiger partial charge in [-0.05, 0) is 39.5 Å². The first kappa shape index (κ1) is 13.7. The predicted molar refractivity (Wildman–Crippen MR) is 65.6 cm³/mol. The molecule has 1 atom stereocenters. The summed E-state index contributed by atoms with van der Waals surface area (Å²) in [6.45, 7) is 5.35. The van der Waals surface area contributed by atoms with Crippen molar-refractivity contribution in [1.29, 1.82) is 0 Å². The van der Waals surface area contributed by atoms with Gasteiger partial charge in [0.15, 0.2) is 0 Å². The highest BCUT2D eigenvalue weighted by Gasteiger charge is 2.29. The lowest BCUT2D eigenvalue weighted by Crippen LogP contribution is -2.48. The van der Waals surface area contributed by atoms with Crippen LogP contribution in [0.3, 0.4) is 0 Å². The molecule has 0 aliphatic heterocycles. The van der Waals surface area contributed by atoms with E-state index in [1.165, 1.54) is 4.90 Å². The van der Waals surface area contributed by atoms with Crippen molar-refractivity contribution in [3.8, 4) is 0 Å². The zero-order valence-corrected chi connectivity index (χ0v) is 10.8. The smallest absolute Gasteiger partial charge is 0.323 e. The molecule has 1 unspecified atom stereocenters. The number of hydrogen-bond donors (Lipinski definition) is 1. The molecule has 0 aromatic rings. The van der Waals surface area contributed by atoms with E-state index in [0.717, 1.165) is 12.8 Å². The normalized spacial score (nSPS) is 19.4. The minimum absolute atomic E-state index is 0.0727. The summed E-state index contributed by atoms with van der Waals surface area (Å²) >= 11 is 0.